The summed E-state index contributed by atoms with van der Waals surface area (Å²) in [6.07, 6.45) is 1.29. The van der Waals surface area contributed by atoms with Gasteiger partial charge in [0.1, 0.15) is 4.90 Å². The van der Waals surface area contributed by atoms with Crippen LogP contribution in [0.3, 0.4) is 0 Å². The fraction of sp³-hybridized carbons (Fsp3) is 0.235. The molecule has 1 N–H and O–H groups in total. The molecule has 10 heteroatoms. The largest absolute Gasteiger partial charge is 0.493 e. The second kappa shape index (κ2) is 8.69. The van der Waals surface area contributed by atoms with Gasteiger partial charge in [-0.2, -0.15) is 18.4 Å². The average molecular weight is 433 g/mol. The smallest absolute Gasteiger partial charge is 0.279 e. The van der Waals surface area contributed by atoms with Gasteiger partial charge < -0.3 is 14.2 Å². The molecular weight excluding hydrogens is 415 g/mol. The fourth-order valence-electron chi connectivity index (χ4n) is 2.34. The molecule has 0 aliphatic carbocycles. The highest BCUT2D eigenvalue weighted by Crippen LogP contribution is 2.37. The topological polar surface area (TPSA) is 86.2 Å². The number of rotatable bonds is 7. The van der Waals surface area contributed by atoms with Crippen molar-refractivity contribution in [3.63, 3.8) is 0 Å². The molecule has 0 unspecified atom stereocenters. The second-order valence-electron chi connectivity index (χ2n) is 5.37. The number of methoxy groups -OCH3 is 3. The zero-order valence-corrected chi connectivity index (χ0v) is 17.4. The number of sulfonamides is 1. The van der Waals surface area contributed by atoms with Crippen LogP contribution in [0.1, 0.15) is 11.1 Å². The van der Waals surface area contributed by atoms with Gasteiger partial charge in [-0.3, -0.25) is 0 Å². The van der Waals surface area contributed by atoms with Crippen LogP contribution in [0.2, 0.25) is 10.0 Å². The number of benzene rings is 2. The van der Waals surface area contributed by atoms with E-state index in [9.17, 15) is 8.42 Å². The van der Waals surface area contributed by atoms with Crippen LogP contribution >= 0.6 is 23.2 Å². The van der Waals surface area contributed by atoms with Crippen LogP contribution in [0.4, 0.5) is 0 Å². The molecule has 7 nitrogen and oxygen atoms in total. The molecule has 2 aromatic rings. The Hall–Kier alpha value is -2.16. The summed E-state index contributed by atoms with van der Waals surface area (Å²) >= 11 is 12.1. The molecule has 27 heavy (non-hydrogen) atoms. The maximum atomic E-state index is 12.5. The Morgan fingerprint density at radius 2 is 1.48 bits per heavy atom. The molecule has 0 aliphatic heterocycles. The Bertz CT molecular complexity index is 929. The molecular formula is C17H18Cl2N2O5S. The maximum Gasteiger partial charge on any atom is 0.279 e. The summed E-state index contributed by atoms with van der Waals surface area (Å²) in [5, 5.41) is 3.79. The lowest BCUT2D eigenvalue weighted by Gasteiger charge is -2.12. The number of nitrogens with zero attached hydrogens (tertiary/aromatic N) is 1. The van der Waals surface area contributed by atoms with Crippen LogP contribution < -0.4 is 19.0 Å². The van der Waals surface area contributed by atoms with E-state index in [1.54, 1.807) is 19.1 Å². The molecule has 2 rings (SSSR count). The summed E-state index contributed by atoms with van der Waals surface area (Å²) in [5.41, 5.74) is 1.26. The van der Waals surface area contributed by atoms with Crippen LogP contribution in [0.5, 0.6) is 17.2 Å². The van der Waals surface area contributed by atoms with E-state index in [1.165, 1.54) is 39.7 Å². The van der Waals surface area contributed by atoms with Gasteiger partial charge in [0.15, 0.2) is 11.5 Å². The van der Waals surface area contributed by atoms with Gasteiger partial charge in [-0.1, -0.05) is 23.2 Å². The molecule has 0 saturated heterocycles. The van der Waals surface area contributed by atoms with Gasteiger partial charge in [0.2, 0.25) is 5.75 Å². The first-order valence-corrected chi connectivity index (χ1v) is 9.78. The number of ether oxygens (including phenoxy) is 3. The highest BCUT2D eigenvalue weighted by atomic mass is 35.5. The van der Waals surface area contributed by atoms with Crippen LogP contribution in [0.25, 0.3) is 0 Å². The van der Waals surface area contributed by atoms with Gasteiger partial charge in [-0.15, -0.1) is 0 Å². The second-order valence-corrected chi connectivity index (χ2v) is 7.78. The van der Waals surface area contributed by atoms with E-state index in [0.717, 1.165) is 5.56 Å². The summed E-state index contributed by atoms with van der Waals surface area (Å²) in [5.74, 6) is 1.23. The van der Waals surface area contributed by atoms with E-state index >= 15 is 0 Å². The molecule has 0 aromatic heterocycles. The molecule has 0 atom stereocenters. The van der Waals surface area contributed by atoms with Crippen molar-refractivity contribution < 1.29 is 22.6 Å². The molecule has 0 fully saturated rings. The zero-order valence-electron chi connectivity index (χ0n) is 15.0. The molecule has 146 valence electrons. The molecule has 0 radical (unpaired) electrons. The minimum Gasteiger partial charge on any atom is -0.493 e. The lowest BCUT2D eigenvalue weighted by atomic mass is 10.2. The van der Waals surface area contributed by atoms with Crippen molar-refractivity contribution in [1.82, 2.24) is 4.83 Å². The molecule has 0 spiro atoms. The van der Waals surface area contributed by atoms with E-state index in [2.05, 4.69) is 9.93 Å². The van der Waals surface area contributed by atoms with E-state index in [0.29, 0.717) is 22.8 Å². The SMILES string of the molecule is COc1cc(C=NNS(=O)(=O)c2c(Cl)cc(C)cc2Cl)cc(OC)c1OC. The minimum absolute atomic E-state index is 0.00971. The van der Waals surface area contributed by atoms with Crippen LogP contribution in [-0.2, 0) is 10.0 Å². The third-order valence-corrected chi connectivity index (χ3v) is 5.63. The van der Waals surface area contributed by atoms with Crippen molar-refractivity contribution in [1.29, 1.82) is 0 Å². The number of aryl methyl sites for hydroxylation is 1. The quantitative estimate of drug-likeness (QED) is 0.532. The van der Waals surface area contributed by atoms with Crippen LogP contribution in [-0.4, -0.2) is 36.0 Å². The van der Waals surface area contributed by atoms with E-state index < -0.39 is 10.0 Å². The predicted octanol–water partition coefficient (Wildman–Crippen LogP) is 3.64. The Kier molecular flexibility index (Phi) is 6.80. The molecule has 0 aliphatic rings. The first-order valence-electron chi connectivity index (χ1n) is 7.54. The third kappa shape index (κ3) is 4.77. The Labute approximate surface area is 167 Å². The summed E-state index contributed by atoms with van der Waals surface area (Å²) in [6.45, 7) is 1.75. The van der Waals surface area contributed by atoms with Crippen molar-refractivity contribution in [3.05, 3.63) is 45.4 Å². The fourth-order valence-corrected chi connectivity index (χ4v) is 4.45. The van der Waals surface area contributed by atoms with Gasteiger partial charge in [0.05, 0.1) is 37.6 Å². The van der Waals surface area contributed by atoms with E-state index in [4.69, 9.17) is 37.4 Å². The summed E-state index contributed by atoms with van der Waals surface area (Å²) in [6, 6.07) is 6.24. The van der Waals surface area contributed by atoms with Gasteiger partial charge in [-0.25, -0.2) is 0 Å². The molecule has 0 bridgehead atoms. The summed E-state index contributed by atoms with van der Waals surface area (Å²) in [4.78, 5) is 1.85. The van der Waals surface area contributed by atoms with E-state index in [-0.39, 0.29) is 14.9 Å². The summed E-state index contributed by atoms with van der Waals surface area (Å²) < 4.78 is 40.6. The normalized spacial score (nSPS) is 11.5. The first-order chi connectivity index (χ1) is 12.7. The maximum absolute atomic E-state index is 12.5. The van der Waals surface area contributed by atoms with Crippen molar-refractivity contribution in [2.45, 2.75) is 11.8 Å². The highest BCUT2D eigenvalue weighted by Gasteiger charge is 2.21. The van der Waals surface area contributed by atoms with Crippen LogP contribution in [0.15, 0.2) is 34.3 Å². The van der Waals surface area contributed by atoms with Crippen molar-refractivity contribution >= 4 is 39.4 Å². The number of hydrogen-bond acceptors (Lipinski definition) is 6. The number of nitrogens with one attached hydrogen (secondary N) is 1. The van der Waals surface area contributed by atoms with Gasteiger partial charge in [0, 0.05) is 5.56 Å². The first kappa shape index (κ1) is 21.1. The molecule has 2 aromatic carbocycles. The molecule has 0 amide bonds. The monoisotopic (exact) mass is 432 g/mol. The van der Waals surface area contributed by atoms with Crippen molar-refractivity contribution in [3.8, 4) is 17.2 Å². The highest BCUT2D eigenvalue weighted by molar-refractivity contribution is 7.89. The predicted molar refractivity (Wildman–Crippen MR) is 105 cm³/mol. The molecule has 0 heterocycles. The van der Waals surface area contributed by atoms with Crippen molar-refractivity contribution in [2.75, 3.05) is 21.3 Å². The Morgan fingerprint density at radius 3 is 1.93 bits per heavy atom. The number of hydrogen-bond donors (Lipinski definition) is 1. The standard InChI is InChI=1S/C17H18Cl2N2O5S/c1-10-5-12(18)17(13(19)6-10)27(22,23)21-20-9-11-7-14(24-2)16(26-4)15(8-11)25-3/h5-9,21H,1-4H3. The van der Waals surface area contributed by atoms with Gasteiger partial charge >= 0.3 is 0 Å². The Morgan fingerprint density at radius 1 is 0.963 bits per heavy atom. The molecule has 0 saturated carbocycles. The zero-order chi connectivity index (χ0) is 20.2. The number of halogens is 2. The lowest BCUT2D eigenvalue weighted by Crippen LogP contribution is -2.19. The van der Waals surface area contributed by atoms with E-state index in [1.807, 2.05) is 0 Å². The van der Waals surface area contributed by atoms with Gasteiger partial charge in [-0.05, 0) is 36.8 Å². The van der Waals surface area contributed by atoms with Crippen molar-refractivity contribution in [2.24, 2.45) is 5.10 Å². The summed E-state index contributed by atoms with van der Waals surface area (Å²) in [7, 11) is 0.381. The minimum atomic E-state index is -4.05. The lowest BCUT2D eigenvalue weighted by molar-refractivity contribution is 0.324. The Balaban J connectivity index is 2.32. The average Bonchev–Trinajstić information content (AvgIpc) is 2.59. The van der Waals surface area contributed by atoms with Crippen LogP contribution in [0, 0.1) is 6.92 Å². The third-order valence-electron chi connectivity index (χ3n) is 3.48. The van der Waals surface area contributed by atoms with Gasteiger partial charge in [0.25, 0.3) is 10.0 Å². The number of hydrazone groups is 1.